The summed E-state index contributed by atoms with van der Waals surface area (Å²) in [6.07, 6.45) is 0.678. The molecule has 1 aromatic rings. The van der Waals surface area contributed by atoms with E-state index in [1.807, 2.05) is 0 Å². The molecule has 5 heteroatoms. The summed E-state index contributed by atoms with van der Waals surface area (Å²) in [5, 5.41) is 10.6. The van der Waals surface area contributed by atoms with Gasteiger partial charge in [-0.05, 0) is 24.6 Å². The molecule has 70 valence electrons. The maximum atomic E-state index is 10.4. The van der Waals surface area contributed by atoms with E-state index >= 15 is 0 Å². The molecule has 13 heavy (non-hydrogen) atoms. The molecule has 0 saturated heterocycles. The average molecular weight is 201 g/mol. The van der Waals surface area contributed by atoms with Gasteiger partial charge < -0.3 is 5.73 Å². The highest BCUT2D eigenvalue weighted by Crippen LogP contribution is 2.24. The Bertz CT molecular complexity index is 328. The van der Waals surface area contributed by atoms with Crippen LogP contribution in [-0.4, -0.2) is 11.5 Å². The van der Waals surface area contributed by atoms with Crippen LogP contribution in [0.15, 0.2) is 18.2 Å². The van der Waals surface area contributed by atoms with Crippen molar-refractivity contribution in [3.63, 3.8) is 0 Å². The van der Waals surface area contributed by atoms with Gasteiger partial charge in [0.05, 0.1) is 4.92 Å². The van der Waals surface area contributed by atoms with Gasteiger partial charge >= 0.3 is 0 Å². The summed E-state index contributed by atoms with van der Waals surface area (Å²) in [4.78, 5) is 9.88. The maximum absolute atomic E-state index is 10.4. The van der Waals surface area contributed by atoms with E-state index < -0.39 is 4.92 Å². The van der Waals surface area contributed by atoms with E-state index in [9.17, 15) is 10.1 Å². The lowest BCUT2D eigenvalue weighted by Crippen LogP contribution is -2.02. The second-order valence-corrected chi connectivity index (χ2v) is 2.99. The lowest BCUT2D eigenvalue weighted by Gasteiger charge is -1.99. The largest absolute Gasteiger partial charge is 0.330 e. The molecule has 0 atom stereocenters. The van der Waals surface area contributed by atoms with Crippen LogP contribution in [0.2, 0.25) is 5.02 Å². The molecule has 0 aromatic heterocycles. The minimum atomic E-state index is -0.505. The van der Waals surface area contributed by atoms with Crippen molar-refractivity contribution in [2.45, 2.75) is 6.42 Å². The number of nitro benzene ring substituents is 1. The summed E-state index contributed by atoms with van der Waals surface area (Å²) in [6.45, 7) is 0.508. The number of hydrogen-bond acceptors (Lipinski definition) is 3. The highest BCUT2D eigenvalue weighted by atomic mass is 35.5. The second-order valence-electron chi connectivity index (χ2n) is 2.58. The Balaban J connectivity index is 2.98. The Morgan fingerprint density at radius 2 is 2.23 bits per heavy atom. The zero-order chi connectivity index (χ0) is 9.84. The molecule has 0 aliphatic rings. The molecule has 0 aliphatic heterocycles. The molecule has 2 N–H and O–H groups in total. The molecular weight excluding hydrogens is 192 g/mol. The fourth-order valence-corrected chi connectivity index (χ4v) is 1.29. The summed E-state index contributed by atoms with van der Waals surface area (Å²) in [7, 11) is 0. The quantitative estimate of drug-likeness (QED) is 0.597. The number of nitrogens with two attached hydrogens (primary N) is 1. The Morgan fingerprint density at radius 3 is 2.69 bits per heavy atom. The van der Waals surface area contributed by atoms with E-state index in [2.05, 4.69) is 0 Å². The maximum Gasteiger partial charge on any atom is 0.287 e. The lowest BCUT2D eigenvalue weighted by molar-refractivity contribution is -0.384. The molecule has 0 heterocycles. The van der Waals surface area contributed by atoms with Crippen LogP contribution in [0.4, 0.5) is 5.69 Å². The van der Waals surface area contributed by atoms with Crippen LogP contribution in [-0.2, 0) is 6.42 Å². The topological polar surface area (TPSA) is 69.2 Å². The number of nitrogens with zero attached hydrogens (tertiary/aromatic N) is 1. The fourth-order valence-electron chi connectivity index (χ4n) is 1.02. The van der Waals surface area contributed by atoms with Crippen LogP contribution in [0.25, 0.3) is 0 Å². The molecule has 0 fully saturated rings. The van der Waals surface area contributed by atoms with Crippen LogP contribution in [0.1, 0.15) is 5.56 Å². The summed E-state index contributed by atoms with van der Waals surface area (Å²) >= 11 is 5.68. The van der Waals surface area contributed by atoms with Crippen molar-refractivity contribution in [1.29, 1.82) is 0 Å². The zero-order valence-electron chi connectivity index (χ0n) is 6.87. The molecule has 0 saturated carbocycles. The van der Waals surface area contributed by atoms with E-state index in [0.29, 0.717) is 13.0 Å². The minimum absolute atomic E-state index is 0.0672. The molecule has 1 rings (SSSR count). The van der Waals surface area contributed by atoms with Gasteiger partial charge in [-0.15, -0.1) is 0 Å². The van der Waals surface area contributed by atoms with Gasteiger partial charge in [-0.1, -0.05) is 17.7 Å². The monoisotopic (exact) mass is 200 g/mol. The van der Waals surface area contributed by atoms with E-state index in [-0.39, 0.29) is 10.7 Å². The van der Waals surface area contributed by atoms with Crippen LogP contribution in [0, 0.1) is 10.1 Å². The van der Waals surface area contributed by atoms with E-state index in [1.165, 1.54) is 6.07 Å². The Labute approximate surface area is 80.5 Å². The van der Waals surface area contributed by atoms with Gasteiger partial charge in [0.15, 0.2) is 0 Å². The molecule has 1 aromatic carbocycles. The average Bonchev–Trinajstić information content (AvgIpc) is 2.04. The van der Waals surface area contributed by atoms with E-state index in [0.717, 1.165) is 5.56 Å². The number of benzene rings is 1. The first-order valence-electron chi connectivity index (χ1n) is 3.78. The number of hydrogen-bond donors (Lipinski definition) is 1. The highest BCUT2D eigenvalue weighted by Gasteiger charge is 2.11. The molecular formula is C8H9ClN2O2. The van der Waals surface area contributed by atoms with Gasteiger partial charge in [0.1, 0.15) is 5.02 Å². The van der Waals surface area contributed by atoms with Crippen LogP contribution >= 0.6 is 11.6 Å². The van der Waals surface area contributed by atoms with Crippen LogP contribution in [0.3, 0.4) is 0 Å². The van der Waals surface area contributed by atoms with Crippen LogP contribution < -0.4 is 5.73 Å². The molecule has 4 nitrogen and oxygen atoms in total. The number of rotatable bonds is 3. The Hall–Kier alpha value is -1.13. The van der Waals surface area contributed by atoms with Crippen molar-refractivity contribution in [1.82, 2.24) is 0 Å². The molecule has 0 spiro atoms. The molecule has 0 unspecified atom stereocenters. The Morgan fingerprint density at radius 1 is 1.54 bits per heavy atom. The second kappa shape index (κ2) is 4.20. The van der Waals surface area contributed by atoms with Gasteiger partial charge in [-0.3, -0.25) is 10.1 Å². The van der Waals surface area contributed by atoms with Crippen LogP contribution in [0.5, 0.6) is 0 Å². The first-order valence-corrected chi connectivity index (χ1v) is 4.16. The zero-order valence-corrected chi connectivity index (χ0v) is 7.62. The van der Waals surface area contributed by atoms with E-state index in [1.54, 1.807) is 12.1 Å². The standard InChI is InChI=1S/C8H9ClN2O2/c9-7-5-6(3-4-10)1-2-8(7)11(12)13/h1-2,5H,3-4,10H2. The third-order valence-corrected chi connectivity index (χ3v) is 1.94. The van der Waals surface area contributed by atoms with E-state index in [4.69, 9.17) is 17.3 Å². The summed E-state index contributed by atoms with van der Waals surface area (Å²) in [5.41, 5.74) is 6.18. The molecule has 0 radical (unpaired) electrons. The normalized spacial score (nSPS) is 10.0. The lowest BCUT2D eigenvalue weighted by atomic mass is 10.1. The predicted octanol–water partition coefficient (Wildman–Crippen LogP) is 1.75. The summed E-state index contributed by atoms with van der Waals surface area (Å²) in [5.74, 6) is 0. The fraction of sp³-hybridized carbons (Fsp3) is 0.250. The van der Waals surface area contributed by atoms with Crippen molar-refractivity contribution in [3.8, 4) is 0 Å². The third kappa shape index (κ3) is 2.40. The number of nitro groups is 1. The number of halogens is 1. The van der Waals surface area contributed by atoms with Gasteiger partial charge in [0.2, 0.25) is 0 Å². The molecule has 0 aliphatic carbocycles. The first kappa shape index (κ1) is 9.95. The van der Waals surface area contributed by atoms with Gasteiger partial charge in [-0.25, -0.2) is 0 Å². The van der Waals surface area contributed by atoms with Crippen molar-refractivity contribution >= 4 is 17.3 Å². The van der Waals surface area contributed by atoms with Crippen molar-refractivity contribution in [2.75, 3.05) is 6.54 Å². The first-order chi connectivity index (χ1) is 6.15. The van der Waals surface area contributed by atoms with Crippen molar-refractivity contribution in [3.05, 3.63) is 38.9 Å². The molecule has 0 amide bonds. The SMILES string of the molecule is NCCc1ccc([N+](=O)[O-])c(Cl)c1. The summed E-state index contributed by atoms with van der Waals surface area (Å²) < 4.78 is 0. The van der Waals surface area contributed by atoms with Crippen molar-refractivity contribution < 1.29 is 4.92 Å². The van der Waals surface area contributed by atoms with Gasteiger partial charge in [-0.2, -0.15) is 0 Å². The summed E-state index contributed by atoms with van der Waals surface area (Å²) in [6, 6.07) is 4.64. The van der Waals surface area contributed by atoms with Crippen molar-refractivity contribution in [2.24, 2.45) is 5.73 Å². The predicted molar refractivity (Wildman–Crippen MR) is 50.9 cm³/mol. The highest BCUT2D eigenvalue weighted by molar-refractivity contribution is 6.32. The smallest absolute Gasteiger partial charge is 0.287 e. The third-order valence-electron chi connectivity index (χ3n) is 1.64. The van der Waals surface area contributed by atoms with Gasteiger partial charge in [0, 0.05) is 6.07 Å². The Kier molecular flexibility index (Phi) is 3.22. The minimum Gasteiger partial charge on any atom is -0.330 e. The molecule has 0 bridgehead atoms. The van der Waals surface area contributed by atoms with Gasteiger partial charge in [0.25, 0.3) is 5.69 Å².